The zero-order valence-corrected chi connectivity index (χ0v) is 17.6. The Morgan fingerprint density at radius 1 is 1.27 bits per heavy atom. The molecule has 9 heteroatoms. The lowest BCUT2D eigenvalue weighted by Crippen LogP contribution is -2.54. The number of para-hydroxylation sites is 1. The number of benzene rings is 1. The SMILES string of the molecule is COC(=O)C1C(OS(=O)(=O)O)CC[C@H]2CN3CCc4c([nH]c5ccccc45)[C@@H]3C[C@H]12. The molecule has 2 unspecified atom stereocenters. The Morgan fingerprint density at radius 3 is 2.83 bits per heavy atom. The number of rotatable bonds is 3. The maximum atomic E-state index is 12.7. The first-order chi connectivity index (χ1) is 14.4. The van der Waals surface area contributed by atoms with E-state index in [1.165, 1.54) is 23.8 Å². The van der Waals surface area contributed by atoms with Gasteiger partial charge in [0.1, 0.15) is 0 Å². The molecule has 5 atom stereocenters. The summed E-state index contributed by atoms with van der Waals surface area (Å²) in [5.41, 5.74) is 3.65. The second-order valence-electron chi connectivity index (χ2n) is 8.67. The molecule has 3 aliphatic rings. The minimum absolute atomic E-state index is 0.0726. The molecular formula is C21H26N2O6S. The normalized spacial score (nSPS) is 31.6. The van der Waals surface area contributed by atoms with E-state index in [-0.39, 0.29) is 17.9 Å². The average molecular weight is 435 g/mol. The standard InChI is InChI=1S/C21H26N2O6S/c1-28-21(24)19-15-10-17-20-14(13-4-2-3-5-16(13)22-20)8-9-23(17)11-12(15)6-7-18(19)29-30(25,26)27/h2-5,12,15,17-19,22H,6-11H2,1H3,(H,25,26,27)/t12-,15-,17-,18?,19?/m0/s1. The Morgan fingerprint density at radius 2 is 2.07 bits per heavy atom. The molecular weight excluding hydrogens is 408 g/mol. The summed E-state index contributed by atoms with van der Waals surface area (Å²) in [6.07, 6.45) is 1.96. The first-order valence-corrected chi connectivity index (χ1v) is 11.8. The molecule has 1 saturated carbocycles. The fourth-order valence-electron chi connectivity index (χ4n) is 6.05. The lowest BCUT2D eigenvalue weighted by atomic mass is 9.65. The van der Waals surface area contributed by atoms with Gasteiger partial charge in [-0.3, -0.25) is 14.2 Å². The van der Waals surface area contributed by atoms with Gasteiger partial charge in [0.2, 0.25) is 0 Å². The second kappa shape index (κ2) is 7.33. The van der Waals surface area contributed by atoms with E-state index in [4.69, 9.17) is 8.92 Å². The van der Waals surface area contributed by atoms with Gasteiger partial charge in [0, 0.05) is 29.7 Å². The van der Waals surface area contributed by atoms with Gasteiger partial charge in [-0.05, 0) is 49.1 Å². The predicted molar refractivity (Wildman–Crippen MR) is 109 cm³/mol. The highest BCUT2D eigenvalue weighted by molar-refractivity contribution is 7.80. The number of nitrogens with zero attached hydrogens (tertiary/aromatic N) is 1. The van der Waals surface area contributed by atoms with Gasteiger partial charge in [0.15, 0.2) is 0 Å². The van der Waals surface area contributed by atoms with Crippen LogP contribution in [0.4, 0.5) is 0 Å². The Balaban J connectivity index is 1.50. The largest absolute Gasteiger partial charge is 0.469 e. The topological polar surface area (TPSA) is 109 Å². The number of ether oxygens (including phenoxy) is 1. The van der Waals surface area contributed by atoms with Gasteiger partial charge in [0.25, 0.3) is 0 Å². The summed E-state index contributed by atoms with van der Waals surface area (Å²) in [6.45, 7) is 1.83. The fourth-order valence-corrected chi connectivity index (χ4v) is 6.57. The lowest BCUT2D eigenvalue weighted by molar-refractivity contribution is -0.158. The van der Waals surface area contributed by atoms with Crippen molar-refractivity contribution in [3.8, 4) is 0 Å². The summed E-state index contributed by atoms with van der Waals surface area (Å²) < 4.78 is 41.9. The van der Waals surface area contributed by atoms with Crippen molar-refractivity contribution in [3.63, 3.8) is 0 Å². The first kappa shape index (κ1) is 20.0. The smallest absolute Gasteiger partial charge is 0.397 e. The zero-order valence-electron chi connectivity index (χ0n) is 16.8. The van der Waals surface area contributed by atoms with Crippen LogP contribution in [0.3, 0.4) is 0 Å². The van der Waals surface area contributed by atoms with E-state index in [0.29, 0.717) is 6.42 Å². The van der Waals surface area contributed by atoms with Crippen molar-refractivity contribution in [1.82, 2.24) is 9.88 Å². The van der Waals surface area contributed by atoms with Crippen molar-refractivity contribution in [3.05, 3.63) is 35.5 Å². The third kappa shape index (κ3) is 3.33. The molecule has 2 aromatic rings. The molecule has 8 nitrogen and oxygen atoms in total. The van der Waals surface area contributed by atoms with Crippen LogP contribution in [0.2, 0.25) is 0 Å². The van der Waals surface area contributed by atoms with Crippen LogP contribution in [-0.4, -0.2) is 55.1 Å². The molecule has 1 aromatic carbocycles. The maximum Gasteiger partial charge on any atom is 0.397 e. The molecule has 0 bridgehead atoms. The van der Waals surface area contributed by atoms with Crippen LogP contribution in [0, 0.1) is 17.8 Å². The molecule has 5 rings (SSSR count). The number of aromatic nitrogens is 1. The Kier molecular flexibility index (Phi) is 4.89. The van der Waals surface area contributed by atoms with Gasteiger partial charge in [0.05, 0.1) is 25.2 Å². The van der Waals surface area contributed by atoms with Gasteiger partial charge in [-0.15, -0.1) is 0 Å². The van der Waals surface area contributed by atoms with Crippen molar-refractivity contribution in [2.75, 3.05) is 20.2 Å². The van der Waals surface area contributed by atoms with Crippen molar-refractivity contribution in [2.45, 2.75) is 37.8 Å². The number of fused-ring (bicyclic) bond motifs is 6. The lowest BCUT2D eigenvalue weighted by Gasteiger charge is -2.51. The molecule has 162 valence electrons. The van der Waals surface area contributed by atoms with Crippen LogP contribution in [0.5, 0.6) is 0 Å². The number of esters is 1. The third-order valence-electron chi connectivity index (χ3n) is 7.24. The maximum absolute atomic E-state index is 12.7. The van der Waals surface area contributed by atoms with E-state index in [9.17, 15) is 17.8 Å². The molecule has 1 saturated heterocycles. The zero-order chi connectivity index (χ0) is 21.0. The Labute approximate surface area is 175 Å². The summed E-state index contributed by atoms with van der Waals surface area (Å²) in [5.74, 6) is -0.999. The van der Waals surface area contributed by atoms with Crippen LogP contribution < -0.4 is 0 Å². The molecule has 0 spiro atoms. The second-order valence-corrected chi connectivity index (χ2v) is 9.72. The molecule has 0 radical (unpaired) electrons. The van der Waals surface area contributed by atoms with Crippen molar-refractivity contribution >= 4 is 27.3 Å². The number of aromatic amines is 1. The fraction of sp³-hybridized carbons (Fsp3) is 0.571. The van der Waals surface area contributed by atoms with E-state index in [2.05, 4.69) is 22.0 Å². The van der Waals surface area contributed by atoms with Crippen molar-refractivity contribution in [2.24, 2.45) is 17.8 Å². The summed E-state index contributed by atoms with van der Waals surface area (Å²) in [6, 6.07) is 8.42. The highest BCUT2D eigenvalue weighted by Crippen LogP contribution is 2.50. The molecule has 2 aliphatic heterocycles. The number of hydrogen-bond donors (Lipinski definition) is 2. The van der Waals surface area contributed by atoms with E-state index in [0.717, 1.165) is 37.9 Å². The number of methoxy groups -OCH3 is 1. The number of carbonyl (C=O) groups is 1. The van der Waals surface area contributed by atoms with E-state index in [1.54, 1.807) is 0 Å². The van der Waals surface area contributed by atoms with Crippen LogP contribution >= 0.6 is 0 Å². The van der Waals surface area contributed by atoms with Crippen LogP contribution in [0.25, 0.3) is 10.9 Å². The van der Waals surface area contributed by atoms with E-state index < -0.39 is 28.4 Å². The van der Waals surface area contributed by atoms with E-state index >= 15 is 0 Å². The van der Waals surface area contributed by atoms with Crippen LogP contribution in [0.1, 0.15) is 36.6 Å². The van der Waals surface area contributed by atoms with Crippen molar-refractivity contribution < 1.29 is 26.7 Å². The minimum Gasteiger partial charge on any atom is -0.469 e. The number of hydrogen-bond acceptors (Lipinski definition) is 6. The van der Waals surface area contributed by atoms with Gasteiger partial charge >= 0.3 is 16.4 Å². The summed E-state index contributed by atoms with van der Waals surface area (Å²) in [7, 11) is -3.34. The Hall–Kier alpha value is -1.94. The van der Waals surface area contributed by atoms with Crippen LogP contribution in [0.15, 0.2) is 24.3 Å². The molecule has 2 fully saturated rings. The quantitative estimate of drug-likeness (QED) is 0.564. The number of nitrogens with one attached hydrogen (secondary N) is 1. The number of H-pyrrole nitrogens is 1. The highest BCUT2D eigenvalue weighted by Gasteiger charge is 2.51. The van der Waals surface area contributed by atoms with Crippen molar-refractivity contribution in [1.29, 1.82) is 0 Å². The number of carbonyl (C=O) groups excluding carboxylic acids is 1. The predicted octanol–water partition coefficient (Wildman–Crippen LogP) is 2.47. The summed E-state index contributed by atoms with van der Waals surface area (Å²) in [4.78, 5) is 18.7. The van der Waals surface area contributed by atoms with Gasteiger partial charge in [-0.25, -0.2) is 4.18 Å². The summed E-state index contributed by atoms with van der Waals surface area (Å²) >= 11 is 0. The average Bonchev–Trinajstić information content (AvgIpc) is 3.10. The van der Waals surface area contributed by atoms with E-state index in [1.807, 2.05) is 12.1 Å². The van der Waals surface area contributed by atoms with Gasteiger partial charge < -0.3 is 9.72 Å². The molecule has 1 aliphatic carbocycles. The molecule has 0 amide bonds. The molecule has 1 aromatic heterocycles. The first-order valence-electron chi connectivity index (χ1n) is 10.4. The van der Waals surface area contributed by atoms with Gasteiger partial charge in [-0.2, -0.15) is 8.42 Å². The minimum atomic E-state index is -4.65. The molecule has 2 N–H and O–H groups in total. The van der Waals surface area contributed by atoms with Gasteiger partial charge in [-0.1, -0.05) is 18.2 Å². The monoisotopic (exact) mass is 434 g/mol. The molecule has 3 heterocycles. The molecule has 30 heavy (non-hydrogen) atoms. The summed E-state index contributed by atoms with van der Waals surface area (Å²) in [5, 5.41) is 1.25. The number of piperidine rings is 1. The Bertz CT molecular complexity index is 1080. The highest BCUT2D eigenvalue weighted by atomic mass is 32.3. The van der Waals surface area contributed by atoms with Crippen LogP contribution in [-0.2, 0) is 30.5 Å². The third-order valence-corrected chi connectivity index (χ3v) is 7.73.